The highest BCUT2D eigenvalue weighted by Gasteiger charge is 2.37. The molecular formula is C14H28N2. The van der Waals surface area contributed by atoms with E-state index in [2.05, 4.69) is 37.9 Å². The Hall–Kier alpha value is -0.0800. The fourth-order valence-corrected chi connectivity index (χ4v) is 3.26. The van der Waals surface area contributed by atoms with E-state index in [1.54, 1.807) is 0 Å². The second-order valence-corrected chi connectivity index (χ2v) is 7.13. The molecule has 0 aromatic carbocycles. The highest BCUT2D eigenvalue weighted by molar-refractivity contribution is 4.91. The SMILES string of the molecule is CC1CCN(CC2(C)CCNC2)CC1(C)C. The highest BCUT2D eigenvalue weighted by atomic mass is 15.2. The lowest BCUT2D eigenvalue weighted by Crippen LogP contribution is -2.48. The fraction of sp³-hybridized carbons (Fsp3) is 1.00. The average Bonchev–Trinajstić information content (AvgIpc) is 2.58. The summed E-state index contributed by atoms with van der Waals surface area (Å²) in [6.45, 7) is 16.0. The lowest BCUT2D eigenvalue weighted by molar-refractivity contribution is 0.0408. The molecule has 2 unspecified atom stereocenters. The summed E-state index contributed by atoms with van der Waals surface area (Å²) in [5.41, 5.74) is 1.03. The van der Waals surface area contributed by atoms with Crippen LogP contribution in [-0.4, -0.2) is 37.6 Å². The first kappa shape index (κ1) is 12.4. The molecule has 0 radical (unpaired) electrons. The van der Waals surface area contributed by atoms with Gasteiger partial charge in [0.25, 0.3) is 0 Å². The number of hydrogen-bond acceptors (Lipinski definition) is 2. The molecular weight excluding hydrogens is 196 g/mol. The molecule has 2 saturated heterocycles. The van der Waals surface area contributed by atoms with Crippen LogP contribution in [0.2, 0.25) is 0 Å². The Balaban J connectivity index is 1.91. The molecule has 2 heterocycles. The number of likely N-dealkylation sites (tertiary alicyclic amines) is 1. The molecule has 1 N–H and O–H groups in total. The number of nitrogens with zero attached hydrogens (tertiary/aromatic N) is 1. The first-order chi connectivity index (χ1) is 7.41. The van der Waals surface area contributed by atoms with E-state index in [9.17, 15) is 0 Å². The van der Waals surface area contributed by atoms with E-state index >= 15 is 0 Å². The molecule has 0 saturated carbocycles. The van der Waals surface area contributed by atoms with Gasteiger partial charge in [-0.05, 0) is 42.7 Å². The van der Waals surface area contributed by atoms with Gasteiger partial charge in [0.05, 0.1) is 0 Å². The lowest BCUT2D eigenvalue weighted by Gasteiger charge is -2.45. The summed E-state index contributed by atoms with van der Waals surface area (Å²) >= 11 is 0. The maximum absolute atomic E-state index is 3.51. The summed E-state index contributed by atoms with van der Waals surface area (Å²) in [6, 6.07) is 0. The van der Waals surface area contributed by atoms with Crippen LogP contribution in [0.3, 0.4) is 0 Å². The molecule has 2 nitrogen and oxygen atoms in total. The van der Waals surface area contributed by atoms with Crippen LogP contribution in [0.15, 0.2) is 0 Å². The van der Waals surface area contributed by atoms with Crippen molar-refractivity contribution in [1.29, 1.82) is 0 Å². The first-order valence-electron chi connectivity index (χ1n) is 6.84. The van der Waals surface area contributed by atoms with Crippen LogP contribution in [0.1, 0.15) is 40.5 Å². The van der Waals surface area contributed by atoms with Crippen molar-refractivity contribution in [3.63, 3.8) is 0 Å². The molecule has 94 valence electrons. The maximum Gasteiger partial charge on any atom is 0.00482 e. The molecule has 0 amide bonds. The molecule has 0 bridgehead atoms. The standard InChI is InChI=1S/C14H28N2/c1-12-5-8-16(10-13(12,2)3)11-14(4)6-7-15-9-14/h12,15H,5-11H2,1-4H3. The predicted molar refractivity (Wildman–Crippen MR) is 69.6 cm³/mol. The smallest absolute Gasteiger partial charge is 0.00482 e. The Bertz CT molecular complexity index is 241. The average molecular weight is 224 g/mol. The molecule has 2 atom stereocenters. The quantitative estimate of drug-likeness (QED) is 0.774. The summed E-state index contributed by atoms with van der Waals surface area (Å²) in [6.07, 6.45) is 2.72. The fourth-order valence-electron chi connectivity index (χ4n) is 3.26. The second-order valence-electron chi connectivity index (χ2n) is 7.13. The van der Waals surface area contributed by atoms with E-state index in [1.165, 1.54) is 45.6 Å². The number of rotatable bonds is 2. The predicted octanol–water partition coefficient (Wildman–Crippen LogP) is 2.35. The summed E-state index contributed by atoms with van der Waals surface area (Å²) in [4.78, 5) is 2.70. The topological polar surface area (TPSA) is 15.3 Å². The molecule has 16 heavy (non-hydrogen) atoms. The van der Waals surface area contributed by atoms with Crippen molar-refractivity contribution in [2.75, 3.05) is 32.7 Å². The lowest BCUT2D eigenvalue weighted by atomic mass is 9.74. The number of piperidine rings is 1. The number of hydrogen-bond donors (Lipinski definition) is 1. The molecule has 0 aromatic rings. The molecule has 2 heteroatoms. The minimum absolute atomic E-state index is 0.501. The molecule has 2 aliphatic heterocycles. The molecule has 2 fully saturated rings. The Morgan fingerprint density at radius 1 is 1.31 bits per heavy atom. The van der Waals surface area contributed by atoms with Gasteiger partial charge in [-0.2, -0.15) is 0 Å². The Labute approximate surface area is 101 Å². The molecule has 0 aromatic heterocycles. The third-order valence-corrected chi connectivity index (χ3v) is 4.91. The van der Waals surface area contributed by atoms with E-state index in [-0.39, 0.29) is 0 Å². The summed E-state index contributed by atoms with van der Waals surface area (Å²) in [5.74, 6) is 0.873. The third-order valence-electron chi connectivity index (χ3n) is 4.91. The zero-order valence-electron chi connectivity index (χ0n) is 11.5. The van der Waals surface area contributed by atoms with E-state index in [0.717, 1.165) is 5.92 Å². The monoisotopic (exact) mass is 224 g/mol. The summed E-state index contributed by atoms with van der Waals surface area (Å²) in [7, 11) is 0. The molecule has 2 aliphatic rings. The van der Waals surface area contributed by atoms with E-state index in [1.807, 2.05) is 0 Å². The zero-order chi connectivity index (χ0) is 11.8. The summed E-state index contributed by atoms with van der Waals surface area (Å²) in [5, 5.41) is 3.51. The summed E-state index contributed by atoms with van der Waals surface area (Å²) < 4.78 is 0. The minimum atomic E-state index is 0.501. The van der Waals surface area contributed by atoms with E-state index < -0.39 is 0 Å². The van der Waals surface area contributed by atoms with Crippen molar-refractivity contribution in [2.45, 2.75) is 40.5 Å². The van der Waals surface area contributed by atoms with Gasteiger partial charge in [0, 0.05) is 19.6 Å². The zero-order valence-corrected chi connectivity index (χ0v) is 11.5. The van der Waals surface area contributed by atoms with Crippen LogP contribution in [0.5, 0.6) is 0 Å². The molecule has 0 spiro atoms. The Morgan fingerprint density at radius 2 is 2.06 bits per heavy atom. The third kappa shape index (κ3) is 2.60. The van der Waals surface area contributed by atoms with Crippen LogP contribution < -0.4 is 5.32 Å². The van der Waals surface area contributed by atoms with Gasteiger partial charge in [-0.15, -0.1) is 0 Å². The van der Waals surface area contributed by atoms with Gasteiger partial charge < -0.3 is 10.2 Å². The number of nitrogens with one attached hydrogen (secondary N) is 1. The van der Waals surface area contributed by atoms with Gasteiger partial charge in [-0.1, -0.05) is 27.7 Å². The van der Waals surface area contributed by atoms with E-state index in [0.29, 0.717) is 10.8 Å². The maximum atomic E-state index is 3.51. The first-order valence-corrected chi connectivity index (χ1v) is 6.84. The van der Waals surface area contributed by atoms with Crippen molar-refractivity contribution in [2.24, 2.45) is 16.7 Å². The van der Waals surface area contributed by atoms with Gasteiger partial charge in [0.1, 0.15) is 0 Å². The van der Waals surface area contributed by atoms with Crippen LogP contribution in [0, 0.1) is 16.7 Å². The van der Waals surface area contributed by atoms with Crippen LogP contribution >= 0.6 is 0 Å². The largest absolute Gasteiger partial charge is 0.316 e. The van der Waals surface area contributed by atoms with Crippen LogP contribution in [-0.2, 0) is 0 Å². The second kappa shape index (κ2) is 4.30. The van der Waals surface area contributed by atoms with Crippen molar-refractivity contribution >= 4 is 0 Å². The van der Waals surface area contributed by atoms with Gasteiger partial charge in [-0.3, -0.25) is 0 Å². The molecule has 2 rings (SSSR count). The van der Waals surface area contributed by atoms with Crippen molar-refractivity contribution < 1.29 is 0 Å². The normalized spacial score (nSPS) is 40.1. The minimum Gasteiger partial charge on any atom is -0.316 e. The molecule has 0 aliphatic carbocycles. The van der Waals surface area contributed by atoms with Crippen molar-refractivity contribution in [3.8, 4) is 0 Å². The van der Waals surface area contributed by atoms with Crippen LogP contribution in [0.25, 0.3) is 0 Å². The van der Waals surface area contributed by atoms with E-state index in [4.69, 9.17) is 0 Å². The van der Waals surface area contributed by atoms with Gasteiger partial charge in [0.15, 0.2) is 0 Å². The van der Waals surface area contributed by atoms with Gasteiger partial charge in [0.2, 0.25) is 0 Å². The van der Waals surface area contributed by atoms with Crippen LogP contribution in [0.4, 0.5) is 0 Å². The van der Waals surface area contributed by atoms with Crippen molar-refractivity contribution in [3.05, 3.63) is 0 Å². The van der Waals surface area contributed by atoms with Gasteiger partial charge in [-0.25, -0.2) is 0 Å². The Morgan fingerprint density at radius 3 is 2.62 bits per heavy atom. The Kier molecular flexibility index (Phi) is 3.33. The highest BCUT2D eigenvalue weighted by Crippen LogP contribution is 2.36. The van der Waals surface area contributed by atoms with Crippen molar-refractivity contribution in [1.82, 2.24) is 10.2 Å². The van der Waals surface area contributed by atoms with Gasteiger partial charge >= 0.3 is 0 Å².